The zero-order chi connectivity index (χ0) is 33.2. The molecule has 0 amide bonds. The van der Waals surface area contributed by atoms with E-state index in [0.717, 1.165) is 17.4 Å². The zero-order valence-electron chi connectivity index (χ0n) is 26.7. The molecule has 2 heterocycles. The minimum absolute atomic E-state index is 0.0436. The molecule has 2 atom stereocenters. The summed E-state index contributed by atoms with van der Waals surface area (Å²) in [5, 5.41) is 31.9. The fraction of sp³-hybridized carbons (Fsp3) is 0.333. The number of benzene rings is 1. The molecule has 11 heteroatoms. The second-order valence-corrected chi connectivity index (χ2v) is 11.3. The Morgan fingerprint density at radius 1 is 0.745 bits per heavy atom. The van der Waals surface area contributed by atoms with E-state index in [9.17, 15) is 19.8 Å². The van der Waals surface area contributed by atoms with Crippen molar-refractivity contribution in [2.24, 2.45) is 0 Å². The number of rotatable bonds is 17. The van der Waals surface area contributed by atoms with Crippen LogP contribution < -0.4 is 0 Å². The van der Waals surface area contributed by atoms with Gasteiger partial charge in [0.2, 0.25) is 0 Å². The number of hydrogen-bond donors (Lipinski definition) is 2. The van der Waals surface area contributed by atoms with Crippen molar-refractivity contribution in [2.75, 3.05) is 32.8 Å². The van der Waals surface area contributed by atoms with Gasteiger partial charge < -0.3 is 19.7 Å². The van der Waals surface area contributed by atoms with E-state index in [4.69, 9.17) is 9.47 Å². The molecule has 3 aromatic rings. The fourth-order valence-corrected chi connectivity index (χ4v) is 5.52. The average Bonchev–Trinajstić information content (AvgIpc) is 3.88. The van der Waals surface area contributed by atoms with Crippen LogP contribution in [0, 0.1) is 63.2 Å². The summed E-state index contributed by atoms with van der Waals surface area (Å²) in [5.74, 6) is 0.690. The lowest BCUT2D eigenvalue weighted by molar-refractivity contribution is 0.0458. The van der Waals surface area contributed by atoms with Gasteiger partial charge in [-0.15, -0.1) is 0 Å². The second kappa shape index (κ2) is 17.0. The lowest BCUT2D eigenvalue weighted by Gasteiger charge is -2.28. The molecule has 2 aliphatic carbocycles. The maximum absolute atomic E-state index is 12.8. The molecule has 47 heavy (non-hydrogen) atoms. The lowest BCUT2D eigenvalue weighted by Crippen LogP contribution is -2.42. The molecule has 0 aliphatic heterocycles. The molecule has 5 rings (SSSR count). The Hall–Kier alpha value is -3.54. The summed E-state index contributed by atoms with van der Waals surface area (Å²) < 4.78 is 13.5. The highest BCUT2D eigenvalue weighted by Gasteiger charge is 2.29. The smallest absolute Gasteiger partial charge is 0.356 e. The summed E-state index contributed by atoms with van der Waals surface area (Å²) in [5.41, 5.74) is 2.85. The van der Waals surface area contributed by atoms with E-state index < -0.39 is 24.1 Å². The number of aliphatic hydroxyl groups excluding tert-OH is 2. The van der Waals surface area contributed by atoms with E-state index in [0.29, 0.717) is 24.4 Å². The highest BCUT2D eigenvalue weighted by atomic mass is 16.5. The Labute approximate surface area is 277 Å². The summed E-state index contributed by atoms with van der Waals surface area (Å²) in [6, 6.07) is 13.3. The van der Waals surface area contributed by atoms with Crippen LogP contribution >= 0.6 is 0 Å². The largest absolute Gasteiger partial charge is 0.461 e. The van der Waals surface area contributed by atoms with Crippen molar-refractivity contribution in [3.63, 3.8) is 0 Å². The van der Waals surface area contributed by atoms with E-state index in [1.54, 1.807) is 26.0 Å². The van der Waals surface area contributed by atoms with Crippen LogP contribution in [0.2, 0.25) is 0 Å². The molecule has 1 aromatic carbocycles. The van der Waals surface area contributed by atoms with E-state index in [1.807, 2.05) is 86.6 Å². The number of ether oxygens (including phenoxy) is 2. The van der Waals surface area contributed by atoms with Crippen LogP contribution in [0.25, 0.3) is 0 Å². The first-order chi connectivity index (χ1) is 22.8. The number of carbonyl (C=O) groups excluding carboxylic acids is 2. The molecule has 0 spiro atoms. The number of esters is 2. The van der Waals surface area contributed by atoms with Crippen molar-refractivity contribution < 1.29 is 29.3 Å². The van der Waals surface area contributed by atoms with Crippen LogP contribution in [-0.4, -0.2) is 91.7 Å². The minimum atomic E-state index is -0.928. The van der Waals surface area contributed by atoms with Gasteiger partial charge in [-0.1, -0.05) is 30.3 Å². The Kier molecular flexibility index (Phi) is 12.6. The maximum Gasteiger partial charge on any atom is 0.356 e. The Morgan fingerprint density at radius 2 is 1.19 bits per heavy atom. The SMILES string of the molecule is CCOC(=O)c1cc([C]2[CH][CH][CH][CH]2)nn1C[C@H](O)CN(CCc1ccccc1)C[C@@H](O)Cn1nc([C]2[CH][CH][CH][CH]2)cc1C(=O)OCC. The Balaban J connectivity index is 1.30. The first-order valence-corrected chi connectivity index (χ1v) is 15.9. The normalized spacial score (nSPS) is 17.0. The van der Waals surface area contributed by atoms with E-state index in [1.165, 1.54) is 9.36 Å². The summed E-state index contributed by atoms with van der Waals surface area (Å²) >= 11 is 0. The van der Waals surface area contributed by atoms with Crippen LogP contribution in [0.4, 0.5) is 0 Å². The molecular formula is C36H41N5O6. The van der Waals surface area contributed by atoms with Gasteiger partial charge in [0.05, 0.1) is 49.9 Å². The van der Waals surface area contributed by atoms with Gasteiger partial charge >= 0.3 is 11.9 Å². The minimum Gasteiger partial charge on any atom is -0.461 e. The molecule has 2 aromatic heterocycles. The zero-order valence-corrected chi connectivity index (χ0v) is 26.7. The van der Waals surface area contributed by atoms with Crippen LogP contribution in [0.5, 0.6) is 0 Å². The van der Waals surface area contributed by atoms with Crippen LogP contribution in [0.15, 0.2) is 42.5 Å². The molecule has 0 unspecified atom stereocenters. The number of aliphatic hydroxyl groups is 2. The van der Waals surface area contributed by atoms with E-state index in [-0.39, 0.29) is 50.8 Å². The number of aromatic nitrogens is 4. The maximum atomic E-state index is 12.8. The number of nitrogens with zero attached hydrogens (tertiary/aromatic N) is 5. The summed E-state index contributed by atoms with van der Waals surface area (Å²) in [6.45, 7) is 4.93. The predicted molar refractivity (Wildman–Crippen MR) is 174 cm³/mol. The third-order valence-corrected chi connectivity index (χ3v) is 7.71. The fourth-order valence-electron chi connectivity index (χ4n) is 5.52. The van der Waals surface area contributed by atoms with E-state index in [2.05, 4.69) is 10.2 Å². The van der Waals surface area contributed by atoms with Crippen LogP contribution in [0.1, 0.15) is 51.8 Å². The van der Waals surface area contributed by atoms with Crippen molar-refractivity contribution in [1.29, 1.82) is 0 Å². The monoisotopic (exact) mass is 639 g/mol. The highest BCUT2D eigenvalue weighted by Crippen LogP contribution is 2.31. The van der Waals surface area contributed by atoms with Gasteiger partial charge in [0.1, 0.15) is 11.4 Å². The van der Waals surface area contributed by atoms with Crippen molar-refractivity contribution in [3.8, 4) is 0 Å². The van der Waals surface area contributed by atoms with Gasteiger partial charge in [-0.25, -0.2) is 9.59 Å². The average molecular weight is 640 g/mol. The van der Waals surface area contributed by atoms with Gasteiger partial charge in [0, 0.05) is 31.5 Å². The second-order valence-electron chi connectivity index (χ2n) is 11.3. The predicted octanol–water partition coefficient (Wildman–Crippen LogP) is 2.91. The molecule has 2 N–H and O–H groups in total. The van der Waals surface area contributed by atoms with Gasteiger partial charge in [0.15, 0.2) is 0 Å². The van der Waals surface area contributed by atoms with Crippen LogP contribution in [-0.2, 0) is 29.0 Å². The topological polar surface area (TPSA) is 132 Å². The summed E-state index contributed by atoms with van der Waals surface area (Å²) in [7, 11) is 0. The van der Waals surface area contributed by atoms with Gasteiger partial charge in [-0.3, -0.25) is 14.3 Å². The number of hydrogen-bond acceptors (Lipinski definition) is 9. The van der Waals surface area contributed by atoms with Crippen LogP contribution in [0.3, 0.4) is 0 Å². The van der Waals surface area contributed by atoms with Crippen molar-refractivity contribution in [2.45, 2.75) is 45.6 Å². The first-order valence-electron chi connectivity index (χ1n) is 15.9. The standard InChI is InChI=1S/C36H41N5O6/c1-3-46-35(44)33-20-31(27-14-8-9-15-27)37-40(33)24-29(42)22-39(19-18-26-12-6-5-7-13-26)23-30(43)25-41-34(36(45)47-4-2)21-32(38-41)28-16-10-11-17-28/h5-17,20-21,29-30,42-43H,3-4,18-19,22-25H2,1-2H3/t29-,30-/m1/s1. The molecular weight excluding hydrogens is 598 g/mol. The third kappa shape index (κ3) is 9.52. The van der Waals surface area contributed by atoms with Crippen molar-refractivity contribution in [1.82, 2.24) is 24.5 Å². The third-order valence-electron chi connectivity index (χ3n) is 7.71. The molecule has 246 valence electrons. The first kappa shape index (κ1) is 34.8. The lowest BCUT2D eigenvalue weighted by atomic mass is 10.0. The summed E-state index contributed by atoms with van der Waals surface area (Å²) in [4.78, 5) is 27.5. The van der Waals surface area contributed by atoms with Gasteiger partial charge in [-0.05, 0) is 89.3 Å². The van der Waals surface area contributed by atoms with Crippen molar-refractivity contribution in [3.05, 3.63) is 134 Å². The molecule has 2 saturated carbocycles. The molecule has 0 saturated heterocycles. The van der Waals surface area contributed by atoms with Gasteiger partial charge in [0.25, 0.3) is 0 Å². The molecule has 0 bridgehead atoms. The summed E-state index contributed by atoms with van der Waals surface area (Å²) in [6.07, 6.45) is 14.0. The quantitative estimate of drug-likeness (QED) is 0.214. The molecule has 2 aliphatic rings. The Bertz CT molecular complexity index is 1340. The highest BCUT2D eigenvalue weighted by molar-refractivity contribution is 5.88. The van der Waals surface area contributed by atoms with Crippen molar-refractivity contribution >= 4 is 11.9 Å². The van der Waals surface area contributed by atoms with E-state index >= 15 is 0 Å². The number of carbonyl (C=O) groups is 2. The molecule has 11 nitrogen and oxygen atoms in total. The van der Waals surface area contributed by atoms with Gasteiger partial charge in [-0.2, -0.15) is 10.2 Å². The Morgan fingerprint density at radius 3 is 1.62 bits per heavy atom. The molecule has 10 radical (unpaired) electrons. The molecule has 2 fully saturated rings.